The highest BCUT2D eigenvalue weighted by molar-refractivity contribution is 7.92. The SMILES string of the molecule is C=CS(=O)(=O)N1CCC(C(=O)N(C)[C@](C)(C(=O)O)C(C)C)CC1. The second-order valence-electron chi connectivity index (χ2n) is 6.39. The van der Waals surface area contributed by atoms with E-state index in [1.165, 1.54) is 23.2 Å². The van der Waals surface area contributed by atoms with Crippen molar-refractivity contribution in [1.82, 2.24) is 9.21 Å². The maximum Gasteiger partial charge on any atom is 0.329 e. The van der Waals surface area contributed by atoms with Crippen LogP contribution >= 0.6 is 0 Å². The standard InChI is InChI=1S/C15H26N2O5S/c1-6-23(21,22)17-9-7-12(8-10-17)13(18)16(5)15(4,11(2)3)14(19)20/h6,11-12H,1,7-10H2,2-5H3,(H,19,20)/t15-/m0/s1. The van der Waals surface area contributed by atoms with Crippen LogP contribution in [-0.4, -0.2) is 60.3 Å². The van der Waals surface area contributed by atoms with Crippen LogP contribution in [0.4, 0.5) is 0 Å². The Morgan fingerprint density at radius 1 is 1.35 bits per heavy atom. The number of carbonyl (C=O) groups excluding carboxylic acids is 1. The van der Waals surface area contributed by atoms with Crippen LogP contribution in [0.2, 0.25) is 0 Å². The number of rotatable bonds is 6. The first-order valence-electron chi connectivity index (χ1n) is 7.62. The second-order valence-corrected chi connectivity index (χ2v) is 8.27. The topological polar surface area (TPSA) is 95.0 Å². The number of carboxylic acids is 1. The smallest absolute Gasteiger partial charge is 0.329 e. The van der Waals surface area contributed by atoms with E-state index in [9.17, 15) is 23.1 Å². The summed E-state index contributed by atoms with van der Waals surface area (Å²) in [7, 11) is -1.96. The molecule has 1 atom stereocenters. The average molecular weight is 346 g/mol. The van der Waals surface area contributed by atoms with Gasteiger partial charge < -0.3 is 10.0 Å². The first-order valence-corrected chi connectivity index (χ1v) is 9.12. The molecule has 1 rings (SSSR count). The third-order valence-corrected chi connectivity index (χ3v) is 6.46. The van der Waals surface area contributed by atoms with Gasteiger partial charge >= 0.3 is 5.97 Å². The van der Waals surface area contributed by atoms with Gasteiger partial charge in [-0.1, -0.05) is 20.4 Å². The van der Waals surface area contributed by atoms with Gasteiger partial charge in [0, 0.05) is 31.5 Å². The van der Waals surface area contributed by atoms with Gasteiger partial charge in [0.25, 0.3) is 0 Å². The molecule has 0 aliphatic carbocycles. The minimum absolute atomic E-state index is 0.240. The van der Waals surface area contributed by atoms with Crippen molar-refractivity contribution in [2.24, 2.45) is 11.8 Å². The van der Waals surface area contributed by atoms with E-state index >= 15 is 0 Å². The van der Waals surface area contributed by atoms with Crippen LogP contribution in [-0.2, 0) is 19.6 Å². The number of aliphatic carboxylic acids is 1. The van der Waals surface area contributed by atoms with E-state index in [2.05, 4.69) is 6.58 Å². The third kappa shape index (κ3) is 3.74. The molecule has 1 fully saturated rings. The Hall–Kier alpha value is -1.41. The monoisotopic (exact) mass is 346 g/mol. The van der Waals surface area contributed by atoms with Crippen molar-refractivity contribution >= 4 is 21.9 Å². The summed E-state index contributed by atoms with van der Waals surface area (Å²) in [4.78, 5) is 25.6. The van der Waals surface area contributed by atoms with E-state index in [0.29, 0.717) is 12.8 Å². The fourth-order valence-corrected chi connectivity index (χ4v) is 3.67. The van der Waals surface area contributed by atoms with Gasteiger partial charge in [0.2, 0.25) is 15.9 Å². The minimum Gasteiger partial charge on any atom is -0.479 e. The lowest BCUT2D eigenvalue weighted by atomic mass is 9.85. The number of hydrogen-bond acceptors (Lipinski definition) is 4. The van der Waals surface area contributed by atoms with Crippen LogP contribution in [0.1, 0.15) is 33.6 Å². The Balaban J connectivity index is 2.84. The van der Waals surface area contributed by atoms with E-state index in [1.807, 2.05) is 0 Å². The van der Waals surface area contributed by atoms with Gasteiger partial charge in [0.15, 0.2) is 0 Å². The van der Waals surface area contributed by atoms with Crippen LogP contribution in [0.3, 0.4) is 0 Å². The quantitative estimate of drug-likeness (QED) is 0.778. The number of nitrogens with zero attached hydrogens (tertiary/aromatic N) is 2. The lowest BCUT2D eigenvalue weighted by molar-refractivity contribution is -0.162. The summed E-state index contributed by atoms with van der Waals surface area (Å²) in [5, 5.41) is 10.4. The first-order chi connectivity index (χ1) is 10.5. The molecular formula is C15H26N2O5S. The molecule has 132 valence electrons. The number of hydrogen-bond donors (Lipinski definition) is 1. The molecule has 0 unspecified atom stereocenters. The molecule has 0 aromatic heterocycles. The summed E-state index contributed by atoms with van der Waals surface area (Å²) in [5.74, 6) is -1.92. The predicted octanol–water partition coefficient (Wildman–Crippen LogP) is 1.13. The zero-order valence-electron chi connectivity index (χ0n) is 14.2. The van der Waals surface area contributed by atoms with Crippen molar-refractivity contribution in [3.05, 3.63) is 12.0 Å². The largest absolute Gasteiger partial charge is 0.479 e. The minimum atomic E-state index is -3.47. The summed E-state index contributed by atoms with van der Waals surface area (Å²) >= 11 is 0. The van der Waals surface area contributed by atoms with Crippen molar-refractivity contribution < 1.29 is 23.1 Å². The van der Waals surface area contributed by atoms with Gasteiger partial charge in [-0.25, -0.2) is 13.2 Å². The number of sulfonamides is 1. The predicted molar refractivity (Wildman–Crippen MR) is 87.1 cm³/mol. The second kappa shape index (κ2) is 7.00. The number of piperidine rings is 1. The molecular weight excluding hydrogens is 320 g/mol. The van der Waals surface area contributed by atoms with Crippen LogP contribution in [0, 0.1) is 11.8 Å². The van der Waals surface area contributed by atoms with Crippen molar-refractivity contribution in [2.75, 3.05) is 20.1 Å². The van der Waals surface area contributed by atoms with Gasteiger partial charge in [-0.2, -0.15) is 4.31 Å². The van der Waals surface area contributed by atoms with Gasteiger partial charge in [-0.3, -0.25) is 4.79 Å². The summed E-state index contributed by atoms with van der Waals surface area (Å²) in [6.07, 6.45) is 0.758. The number of likely N-dealkylation sites (N-methyl/N-ethyl adjacent to an activating group) is 1. The Kier molecular flexibility index (Phi) is 5.98. The summed E-state index contributed by atoms with van der Waals surface area (Å²) in [6, 6.07) is 0. The van der Waals surface area contributed by atoms with Crippen LogP contribution in [0.25, 0.3) is 0 Å². The summed E-state index contributed by atoms with van der Waals surface area (Å²) in [5.41, 5.74) is -1.29. The van der Waals surface area contributed by atoms with Crippen molar-refractivity contribution in [1.29, 1.82) is 0 Å². The number of amides is 1. The van der Waals surface area contributed by atoms with E-state index in [0.717, 1.165) is 5.41 Å². The van der Waals surface area contributed by atoms with Crippen LogP contribution in [0.5, 0.6) is 0 Å². The zero-order chi connectivity index (χ0) is 18.0. The highest BCUT2D eigenvalue weighted by Gasteiger charge is 2.45. The third-order valence-electron chi connectivity index (χ3n) is 4.96. The molecule has 0 saturated carbocycles. The number of carbonyl (C=O) groups is 2. The molecule has 8 heteroatoms. The molecule has 0 aromatic carbocycles. The highest BCUT2D eigenvalue weighted by atomic mass is 32.2. The Morgan fingerprint density at radius 3 is 2.17 bits per heavy atom. The molecule has 7 nitrogen and oxygen atoms in total. The molecule has 1 aliphatic heterocycles. The maximum absolute atomic E-state index is 12.7. The molecule has 0 spiro atoms. The fourth-order valence-electron chi connectivity index (χ4n) is 2.74. The van der Waals surface area contributed by atoms with E-state index in [4.69, 9.17) is 0 Å². The van der Waals surface area contributed by atoms with Crippen molar-refractivity contribution in [2.45, 2.75) is 39.2 Å². The van der Waals surface area contributed by atoms with Crippen LogP contribution < -0.4 is 0 Å². The van der Waals surface area contributed by atoms with E-state index in [-0.39, 0.29) is 30.8 Å². The Labute approximate surface area is 138 Å². The van der Waals surface area contributed by atoms with Gasteiger partial charge in [0.1, 0.15) is 5.54 Å². The van der Waals surface area contributed by atoms with Crippen molar-refractivity contribution in [3.63, 3.8) is 0 Å². The normalized spacial score (nSPS) is 20.0. The first kappa shape index (κ1) is 19.6. The maximum atomic E-state index is 12.7. The molecule has 1 N–H and O–H groups in total. The van der Waals surface area contributed by atoms with Gasteiger partial charge in [0.05, 0.1) is 0 Å². The summed E-state index contributed by atoms with van der Waals surface area (Å²) in [6.45, 7) is 8.83. The lowest BCUT2D eigenvalue weighted by Crippen LogP contribution is -2.58. The average Bonchev–Trinajstić information content (AvgIpc) is 2.52. The molecule has 23 heavy (non-hydrogen) atoms. The zero-order valence-corrected chi connectivity index (χ0v) is 15.0. The number of carboxylic acid groups (broad SMARTS) is 1. The molecule has 0 radical (unpaired) electrons. The molecule has 1 aliphatic rings. The Morgan fingerprint density at radius 2 is 1.83 bits per heavy atom. The molecule has 1 heterocycles. The van der Waals surface area contributed by atoms with Crippen LogP contribution in [0.15, 0.2) is 12.0 Å². The van der Waals surface area contributed by atoms with Gasteiger partial charge in [-0.15, -0.1) is 0 Å². The van der Waals surface area contributed by atoms with E-state index in [1.54, 1.807) is 13.8 Å². The van der Waals surface area contributed by atoms with Gasteiger partial charge in [-0.05, 0) is 25.7 Å². The highest BCUT2D eigenvalue weighted by Crippen LogP contribution is 2.29. The lowest BCUT2D eigenvalue weighted by Gasteiger charge is -2.41. The molecule has 0 aromatic rings. The molecule has 1 amide bonds. The molecule has 0 bridgehead atoms. The summed E-state index contributed by atoms with van der Waals surface area (Å²) < 4.78 is 24.8. The fraction of sp³-hybridized carbons (Fsp3) is 0.733. The molecule has 1 saturated heterocycles. The van der Waals surface area contributed by atoms with E-state index < -0.39 is 21.5 Å². The Bertz CT molecular complexity index is 579. The van der Waals surface area contributed by atoms with Crippen molar-refractivity contribution in [3.8, 4) is 0 Å².